The summed E-state index contributed by atoms with van der Waals surface area (Å²) in [5.41, 5.74) is 1.99. The summed E-state index contributed by atoms with van der Waals surface area (Å²) in [6.45, 7) is 0. The van der Waals surface area contributed by atoms with Gasteiger partial charge in [0.15, 0.2) is 0 Å². The lowest BCUT2D eigenvalue weighted by molar-refractivity contribution is -0.117. The third-order valence-electron chi connectivity index (χ3n) is 3.38. The lowest BCUT2D eigenvalue weighted by Crippen LogP contribution is -2.26. The molecule has 0 atom stereocenters. The fourth-order valence-electron chi connectivity index (χ4n) is 2.05. The lowest BCUT2D eigenvalue weighted by Gasteiger charge is -2.02. The molecule has 6 heteroatoms. The SMILES string of the molecule is N#C/C(=C\c1cn[nH]c1-c1ccc(F)cc1)C(=O)NC1CC1. The Labute approximate surface area is 126 Å². The van der Waals surface area contributed by atoms with Gasteiger partial charge in [0.05, 0.1) is 11.9 Å². The third kappa shape index (κ3) is 3.04. The van der Waals surface area contributed by atoms with E-state index in [0.29, 0.717) is 11.3 Å². The van der Waals surface area contributed by atoms with E-state index in [1.165, 1.54) is 24.4 Å². The number of nitriles is 1. The van der Waals surface area contributed by atoms with Crippen molar-refractivity contribution < 1.29 is 9.18 Å². The number of hydrogen-bond acceptors (Lipinski definition) is 3. The second-order valence-corrected chi connectivity index (χ2v) is 5.12. The normalized spacial score (nSPS) is 14.5. The summed E-state index contributed by atoms with van der Waals surface area (Å²) >= 11 is 0. The standard InChI is InChI=1S/C16H13FN4O/c17-13-3-1-10(2-4-13)15-12(9-19-21-15)7-11(8-18)16(22)20-14-5-6-14/h1-4,7,9,14H,5-6H2,(H,19,21)(H,20,22)/b11-7+. The van der Waals surface area contributed by atoms with Gasteiger partial charge in [-0.05, 0) is 43.2 Å². The maximum atomic E-state index is 13.0. The molecule has 5 nitrogen and oxygen atoms in total. The molecule has 22 heavy (non-hydrogen) atoms. The molecule has 0 unspecified atom stereocenters. The topological polar surface area (TPSA) is 81.6 Å². The van der Waals surface area contributed by atoms with Crippen molar-refractivity contribution in [1.29, 1.82) is 5.26 Å². The van der Waals surface area contributed by atoms with Crippen LogP contribution in [0.5, 0.6) is 0 Å². The molecule has 0 radical (unpaired) electrons. The average Bonchev–Trinajstić information content (AvgIpc) is 3.21. The number of nitrogens with zero attached hydrogens (tertiary/aromatic N) is 2. The van der Waals surface area contributed by atoms with Gasteiger partial charge >= 0.3 is 0 Å². The van der Waals surface area contributed by atoms with Crippen molar-refractivity contribution in [2.45, 2.75) is 18.9 Å². The fraction of sp³-hybridized carbons (Fsp3) is 0.188. The Morgan fingerprint density at radius 3 is 2.77 bits per heavy atom. The highest BCUT2D eigenvalue weighted by Gasteiger charge is 2.24. The Bertz CT molecular complexity index is 766. The number of nitrogens with one attached hydrogen (secondary N) is 2. The second-order valence-electron chi connectivity index (χ2n) is 5.12. The molecule has 0 bridgehead atoms. The van der Waals surface area contributed by atoms with Gasteiger partial charge in [0.1, 0.15) is 17.5 Å². The minimum atomic E-state index is -0.378. The van der Waals surface area contributed by atoms with Crippen LogP contribution in [-0.2, 0) is 4.79 Å². The van der Waals surface area contributed by atoms with E-state index >= 15 is 0 Å². The van der Waals surface area contributed by atoms with Gasteiger partial charge in [-0.2, -0.15) is 10.4 Å². The Morgan fingerprint density at radius 2 is 2.14 bits per heavy atom. The van der Waals surface area contributed by atoms with Crippen LogP contribution < -0.4 is 5.32 Å². The average molecular weight is 296 g/mol. The molecule has 2 aromatic rings. The van der Waals surface area contributed by atoms with Gasteiger partial charge in [-0.25, -0.2) is 4.39 Å². The number of carbonyl (C=O) groups is 1. The van der Waals surface area contributed by atoms with Crippen LogP contribution in [0.3, 0.4) is 0 Å². The molecule has 3 rings (SSSR count). The van der Waals surface area contributed by atoms with Crippen LogP contribution in [0.2, 0.25) is 0 Å². The zero-order valence-corrected chi connectivity index (χ0v) is 11.6. The Morgan fingerprint density at radius 1 is 1.41 bits per heavy atom. The molecule has 1 heterocycles. The Hall–Kier alpha value is -2.94. The Balaban J connectivity index is 1.90. The first-order chi connectivity index (χ1) is 10.7. The van der Waals surface area contributed by atoms with Crippen LogP contribution in [0.15, 0.2) is 36.0 Å². The van der Waals surface area contributed by atoms with Crippen LogP contribution in [-0.4, -0.2) is 22.1 Å². The van der Waals surface area contributed by atoms with Crippen molar-refractivity contribution in [3.8, 4) is 17.3 Å². The van der Waals surface area contributed by atoms with Crippen molar-refractivity contribution in [3.63, 3.8) is 0 Å². The van der Waals surface area contributed by atoms with Crippen molar-refractivity contribution in [2.75, 3.05) is 0 Å². The van der Waals surface area contributed by atoms with Crippen molar-refractivity contribution in [1.82, 2.24) is 15.5 Å². The van der Waals surface area contributed by atoms with Crippen molar-refractivity contribution >= 4 is 12.0 Å². The van der Waals surface area contributed by atoms with Crippen molar-refractivity contribution in [2.24, 2.45) is 0 Å². The molecule has 0 saturated heterocycles. The molecule has 1 aromatic heterocycles. The summed E-state index contributed by atoms with van der Waals surface area (Å²) in [7, 11) is 0. The lowest BCUT2D eigenvalue weighted by atomic mass is 10.1. The molecular weight excluding hydrogens is 283 g/mol. The van der Waals surface area contributed by atoms with E-state index in [9.17, 15) is 9.18 Å². The van der Waals surface area contributed by atoms with Crippen LogP contribution in [0.1, 0.15) is 18.4 Å². The number of carbonyl (C=O) groups excluding carboxylic acids is 1. The van der Waals surface area contributed by atoms with Gasteiger partial charge < -0.3 is 5.32 Å². The first kappa shape index (κ1) is 14.0. The van der Waals surface area contributed by atoms with Crippen molar-refractivity contribution in [3.05, 3.63) is 47.4 Å². The Kier molecular flexibility index (Phi) is 3.71. The van der Waals surface area contributed by atoms with Gasteiger partial charge in [0.2, 0.25) is 0 Å². The number of aromatic amines is 1. The molecule has 1 amide bonds. The predicted molar refractivity (Wildman–Crippen MR) is 78.7 cm³/mol. The van der Waals surface area contributed by atoms with E-state index in [2.05, 4.69) is 15.5 Å². The molecule has 0 aliphatic heterocycles. The van der Waals surface area contributed by atoms with Crippen LogP contribution in [0, 0.1) is 17.1 Å². The summed E-state index contributed by atoms with van der Waals surface area (Å²) in [4.78, 5) is 12.0. The van der Waals surface area contributed by atoms with E-state index in [0.717, 1.165) is 18.4 Å². The predicted octanol–water partition coefficient (Wildman–Crippen LogP) is 2.40. The molecule has 2 N–H and O–H groups in total. The quantitative estimate of drug-likeness (QED) is 0.671. The summed E-state index contributed by atoms with van der Waals surface area (Å²) in [6, 6.07) is 7.99. The zero-order valence-electron chi connectivity index (χ0n) is 11.6. The number of amides is 1. The van der Waals surface area contributed by atoms with Gasteiger partial charge in [-0.15, -0.1) is 0 Å². The monoisotopic (exact) mass is 296 g/mol. The molecule has 1 aromatic carbocycles. The number of aromatic nitrogens is 2. The van der Waals surface area contributed by atoms with E-state index in [1.54, 1.807) is 12.1 Å². The highest BCUT2D eigenvalue weighted by atomic mass is 19.1. The molecule has 1 fully saturated rings. The number of hydrogen-bond donors (Lipinski definition) is 2. The number of halogens is 1. The van der Waals surface area contributed by atoms with E-state index < -0.39 is 0 Å². The van der Waals surface area contributed by atoms with Gasteiger partial charge in [-0.1, -0.05) is 0 Å². The number of H-pyrrole nitrogens is 1. The molecule has 1 saturated carbocycles. The van der Waals surface area contributed by atoms with Crippen LogP contribution >= 0.6 is 0 Å². The maximum Gasteiger partial charge on any atom is 0.262 e. The van der Waals surface area contributed by atoms with E-state index in [4.69, 9.17) is 5.26 Å². The molecule has 110 valence electrons. The van der Waals surface area contributed by atoms with Gasteiger partial charge in [0.25, 0.3) is 5.91 Å². The third-order valence-corrected chi connectivity index (χ3v) is 3.38. The molecule has 1 aliphatic carbocycles. The first-order valence-corrected chi connectivity index (χ1v) is 6.89. The number of rotatable bonds is 4. The first-order valence-electron chi connectivity index (χ1n) is 6.89. The van der Waals surface area contributed by atoms with E-state index in [-0.39, 0.29) is 23.3 Å². The summed E-state index contributed by atoms with van der Waals surface area (Å²) in [5, 5.41) is 18.7. The van der Waals surface area contributed by atoms with Gasteiger partial charge in [-0.3, -0.25) is 9.89 Å². The summed E-state index contributed by atoms with van der Waals surface area (Å²) < 4.78 is 13.0. The molecular formula is C16H13FN4O. The largest absolute Gasteiger partial charge is 0.349 e. The smallest absolute Gasteiger partial charge is 0.262 e. The fourth-order valence-corrected chi connectivity index (χ4v) is 2.05. The maximum absolute atomic E-state index is 13.0. The highest BCUT2D eigenvalue weighted by Crippen LogP contribution is 2.24. The molecule has 1 aliphatic rings. The van der Waals surface area contributed by atoms with Gasteiger partial charge in [0, 0.05) is 17.2 Å². The van der Waals surface area contributed by atoms with E-state index in [1.807, 2.05) is 6.07 Å². The molecule has 0 spiro atoms. The van der Waals surface area contributed by atoms with Crippen LogP contribution in [0.4, 0.5) is 4.39 Å². The zero-order chi connectivity index (χ0) is 15.5. The minimum absolute atomic E-state index is 0.0247. The van der Waals surface area contributed by atoms with Crippen LogP contribution in [0.25, 0.3) is 17.3 Å². The number of benzene rings is 1. The summed E-state index contributed by atoms with van der Waals surface area (Å²) in [6.07, 6.45) is 4.92. The minimum Gasteiger partial charge on any atom is -0.349 e. The summed E-state index contributed by atoms with van der Waals surface area (Å²) in [5.74, 6) is -0.710. The second kappa shape index (κ2) is 5.82. The highest BCUT2D eigenvalue weighted by molar-refractivity contribution is 6.02.